The molecule has 1 saturated carbocycles. The summed E-state index contributed by atoms with van der Waals surface area (Å²) in [6.45, 7) is 6.11. The number of likely N-dealkylation sites (N-methyl/N-ethyl adjacent to an activating group) is 1. The predicted octanol–water partition coefficient (Wildman–Crippen LogP) is 0.839. The molecule has 0 atom stereocenters. The molecule has 8 nitrogen and oxygen atoms in total. The summed E-state index contributed by atoms with van der Waals surface area (Å²) < 4.78 is 5.39. The molecule has 4 rings (SSSR count). The summed E-state index contributed by atoms with van der Waals surface area (Å²) in [7, 11) is 2.14. The van der Waals surface area contributed by atoms with Gasteiger partial charge >= 0.3 is 0 Å². The topological polar surface area (TPSA) is 90.9 Å². The minimum atomic E-state index is -0.325. The summed E-state index contributed by atoms with van der Waals surface area (Å²) >= 11 is 1.62. The number of nitrogens with two attached hydrogens (primary N) is 1. The Balaban J connectivity index is 1.72. The molecular weight excluding hydrogens is 350 g/mol. The second-order valence-electron chi connectivity index (χ2n) is 7.43. The maximum absolute atomic E-state index is 12.1. The predicted molar refractivity (Wildman–Crippen MR) is 103 cm³/mol. The molecule has 1 amide bonds. The fraction of sp³-hybridized carbons (Fsp3) is 0.529. The van der Waals surface area contributed by atoms with Gasteiger partial charge < -0.3 is 9.80 Å². The number of fused-ring (bicyclic) bond motifs is 1. The number of carbonyl (C=O) groups excluding carboxylic acids is 1. The maximum atomic E-state index is 12.1. The van der Waals surface area contributed by atoms with E-state index in [1.165, 1.54) is 12.8 Å². The van der Waals surface area contributed by atoms with E-state index in [1.807, 2.05) is 10.6 Å². The first-order valence-corrected chi connectivity index (χ1v) is 9.71. The van der Waals surface area contributed by atoms with E-state index in [0.717, 1.165) is 42.4 Å². The normalized spacial score (nSPS) is 19.7. The number of nitrogens with one attached hydrogen (secondary N) is 2. The van der Waals surface area contributed by atoms with Gasteiger partial charge in [-0.2, -0.15) is 5.10 Å². The Morgan fingerprint density at radius 2 is 2.00 bits per heavy atom. The van der Waals surface area contributed by atoms with Gasteiger partial charge in [-0.15, -0.1) is 0 Å². The van der Waals surface area contributed by atoms with Crippen molar-refractivity contribution in [2.45, 2.75) is 30.2 Å². The fourth-order valence-corrected chi connectivity index (χ4v) is 3.99. The summed E-state index contributed by atoms with van der Waals surface area (Å²) in [5, 5.41) is 4.46. The summed E-state index contributed by atoms with van der Waals surface area (Å²) in [6.07, 6.45) is 3.98. The van der Waals surface area contributed by atoms with Crippen LogP contribution in [0.4, 0.5) is 5.82 Å². The van der Waals surface area contributed by atoms with Crippen molar-refractivity contribution >= 4 is 29.2 Å². The Morgan fingerprint density at radius 3 is 2.65 bits per heavy atom. The Bertz CT molecular complexity index is 824. The highest BCUT2D eigenvalue weighted by Gasteiger charge is 2.37. The number of pyridine rings is 1. The van der Waals surface area contributed by atoms with E-state index in [1.54, 1.807) is 18.1 Å². The van der Waals surface area contributed by atoms with Crippen molar-refractivity contribution in [1.82, 2.24) is 24.7 Å². The molecule has 26 heavy (non-hydrogen) atoms. The lowest BCUT2D eigenvalue weighted by Gasteiger charge is -2.34. The molecule has 0 aromatic carbocycles. The number of aromatic nitrogens is 2. The van der Waals surface area contributed by atoms with Gasteiger partial charge in [0, 0.05) is 36.6 Å². The van der Waals surface area contributed by atoms with E-state index in [2.05, 4.69) is 45.1 Å². The fourth-order valence-electron chi connectivity index (χ4n) is 3.09. The third kappa shape index (κ3) is 3.39. The number of hydrazine groups is 1. The number of nitrogens with zero attached hydrogens (tertiary/aromatic N) is 4. The molecule has 0 spiro atoms. The van der Waals surface area contributed by atoms with Gasteiger partial charge in [0.2, 0.25) is 0 Å². The third-order valence-electron chi connectivity index (χ3n) is 5.19. The van der Waals surface area contributed by atoms with Crippen LogP contribution in [0.15, 0.2) is 23.2 Å². The Hall–Kier alpha value is -1.81. The van der Waals surface area contributed by atoms with Crippen LogP contribution < -0.4 is 20.9 Å². The van der Waals surface area contributed by atoms with Gasteiger partial charge in [-0.3, -0.25) is 14.9 Å². The Labute approximate surface area is 157 Å². The Kier molecular flexibility index (Phi) is 4.55. The first-order valence-electron chi connectivity index (χ1n) is 8.89. The van der Waals surface area contributed by atoms with Crippen molar-refractivity contribution in [3.8, 4) is 0 Å². The van der Waals surface area contributed by atoms with Crippen LogP contribution >= 0.6 is 11.9 Å². The molecule has 1 saturated heterocycles. The van der Waals surface area contributed by atoms with Crippen LogP contribution in [0.3, 0.4) is 0 Å². The molecule has 2 aliphatic rings. The molecule has 2 aromatic heterocycles. The average Bonchev–Trinajstić information content (AvgIpc) is 3.23. The maximum Gasteiger partial charge on any atom is 0.269 e. The van der Waals surface area contributed by atoms with E-state index < -0.39 is 0 Å². The zero-order valence-electron chi connectivity index (χ0n) is 15.2. The Morgan fingerprint density at radius 1 is 1.27 bits per heavy atom. The number of nitrogen functional groups attached to an aromatic ring is 1. The van der Waals surface area contributed by atoms with Gasteiger partial charge in [0.05, 0.1) is 17.3 Å². The number of carbonyl (C=O) groups is 1. The molecule has 4 N–H and O–H groups in total. The van der Waals surface area contributed by atoms with Gasteiger partial charge in [0.15, 0.2) is 0 Å². The zero-order chi connectivity index (χ0) is 18.3. The van der Waals surface area contributed by atoms with Crippen molar-refractivity contribution in [3.05, 3.63) is 23.9 Å². The average molecular weight is 376 g/mol. The second kappa shape index (κ2) is 6.73. The van der Waals surface area contributed by atoms with Gasteiger partial charge in [0.25, 0.3) is 5.91 Å². The minimum Gasteiger partial charge on any atom is -0.354 e. The summed E-state index contributed by atoms with van der Waals surface area (Å²) in [5.41, 5.74) is 3.70. The van der Waals surface area contributed by atoms with E-state index in [-0.39, 0.29) is 11.4 Å². The summed E-state index contributed by atoms with van der Waals surface area (Å²) in [5.74, 6) is 6.03. The van der Waals surface area contributed by atoms with Crippen molar-refractivity contribution in [3.63, 3.8) is 0 Å². The molecule has 3 heterocycles. The smallest absolute Gasteiger partial charge is 0.269 e. The molecule has 2 aromatic rings. The van der Waals surface area contributed by atoms with Crippen LogP contribution in [-0.2, 0) is 0 Å². The number of piperazine rings is 1. The first-order chi connectivity index (χ1) is 12.5. The molecule has 9 heteroatoms. The molecule has 0 bridgehead atoms. The standard InChI is InChI=1S/C17H25N7OS/c1-17(3-4-17)21-26-12-9-14-13(16(25)20-18)11-19-24(14)15(10-12)23-7-5-22(2)6-8-23/h9-11,21H,3-8,18H2,1-2H3,(H,20,25). The van der Waals surface area contributed by atoms with E-state index in [9.17, 15) is 4.79 Å². The highest BCUT2D eigenvalue weighted by molar-refractivity contribution is 7.97. The largest absolute Gasteiger partial charge is 0.354 e. The number of amides is 1. The number of rotatable bonds is 5. The lowest BCUT2D eigenvalue weighted by molar-refractivity contribution is 0.0955. The SMILES string of the molecule is CN1CCN(c2cc(SNC3(C)CC3)cc3c(C(=O)NN)cnn23)CC1. The van der Waals surface area contributed by atoms with Gasteiger partial charge in [-0.05, 0) is 50.9 Å². The van der Waals surface area contributed by atoms with Crippen molar-refractivity contribution in [1.29, 1.82) is 0 Å². The molecular formula is C17H25N7OS. The van der Waals surface area contributed by atoms with Crippen LogP contribution in [0.1, 0.15) is 30.1 Å². The quantitative estimate of drug-likeness (QED) is 0.309. The van der Waals surface area contributed by atoms with Crippen molar-refractivity contribution in [2.24, 2.45) is 5.84 Å². The number of anilines is 1. The van der Waals surface area contributed by atoms with Crippen molar-refractivity contribution < 1.29 is 4.79 Å². The molecule has 140 valence electrons. The lowest BCUT2D eigenvalue weighted by atomic mass is 10.2. The highest BCUT2D eigenvalue weighted by Crippen LogP contribution is 2.38. The highest BCUT2D eigenvalue weighted by atomic mass is 32.2. The molecule has 0 radical (unpaired) electrons. The zero-order valence-corrected chi connectivity index (χ0v) is 16.0. The summed E-state index contributed by atoms with van der Waals surface area (Å²) in [6, 6.07) is 4.15. The van der Waals surface area contributed by atoms with Crippen LogP contribution in [0, 0.1) is 0 Å². The number of hydrogen-bond acceptors (Lipinski definition) is 7. The molecule has 2 fully saturated rings. The summed E-state index contributed by atoms with van der Waals surface area (Å²) in [4.78, 5) is 17.8. The molecule has 1 aliphatic heterocycles. The van der Waals surface area contributed by atoms with Gasteiger partial charge in [-0.25, -0.2) is 10.4 Å². The monoisotopic (exact) mass is 375 g/mol. The third-order valence-corrected chi connectivity index (χ3v) is 6.26. The second-order valence-corrected chi connectivity index (χ2v) is 8.31. The first kappa shape index (κ1) is 17.6. The van der Waals surface area contributed by atoms with Gasteiger partial charge in [-0.1, -0.05) is 0 Å². The van der Waals surface area contributed by atoms with E-state index in [0.29, 0.717) is 5.56 Å². The van der Waals surface area contributed by atoms with Crippen LogP contribution in [0.2, 0.25) is 0 Å². The van der Waals surface area contributed by atoms with Crippen LogP contribution in [0.25, 0.3) is 5.52 Å². The number of hydrogen-bond donors (Lipinski definition) is 3. The van der Waals surface area contributed by atoms with E-state index in [4.69, 9.17) is 5.84 Å². The van der Waals surface area contributed by atoms with Crippen LogP contribution in [0.5, 0.6) is 0 Å². The minimum absolute atomic E-state index is 0.225. The van der Waals surface area contributed by atoms with Crippen molar-refractivity contribution in [2.75, 3.05) is 38.1 Å². The lowest BCUT2D eigenvalue weighted by Crippen LogP contribution is -2.45. The van der Waals surface area contributed by atoms with E-state index >= 15 is 0 Å². The molecule has 1 aliphatic carbocycles. The molecule has 0 unspecified atom stereocenters. The van der Waals surface area contributed by atoms with Crippen LogP contribution in [-0.4, -0.2) is 59.2 Å². The van der Waals surface area contributed by atoms with Gasteiger partial charge in [0.1, 0.15) is 5.82 Å².